The first-order chi connectivity index (χ1) is 12.2. The molecular weight excluding hydrogens is 362 g/mol. The van der Waals surface area contributed by atoms with E-state index in [1.54, 1.807) is 30.5 Å². The fourth-order valence-corrected chi connectivity index (χ4v) is 2.63. The second-order valence-electron chi connectivity index (χ2n) is 4.73. The molecule has 0 saturated carbocycles. The molecule has 3 aromatic rings. The van der Waals surface area contributed by atoms with Gasteiger partial charge in [-0.2, -0.15) is 5.26 Å². The summed E-state index contributed by atoms with van der Waals surface area (Å²) in [4.78, 5) is 16.2. The second kappa shape index (κ2) is 7.79. The van der Waals surface area contributed by atoms with Crippen molar-refractivity contribution in [1.29, 1.82) is 5.26 Å². The minimum atomic E-state index is -0.318. The van der Waals surface area contributed by atoms with Crippen LogP contribution in [0, 0.1) is 11.3 Å². The van der Waals surface area contributed by atoms with Crippen molar-refractivity contribution in [2.24, 2.45) is 0 Å². The van der Waals surface area contributed by atoms with Crippen molar-refractivity contribution in [3.63, 3.8) is 0 Å². The SMILES string of the molecule is N#Cc1ccc(Cl)cc1NC(=O)CSc1nnc(-c2ccccn2)o1. The number of aromatic nitrogens is 3. The molecule has 0 fully saturated rings. The Labute approximate surface area is 152 Å². The average Bonchev–Trinajstić information content (AvgIpc) is 3.10. The number of nitrogens with zero attached hydrogens (tertiary/aromatic N) is 4. The van der Waals surface area contributed by atoms with Crippen LogP contribution in [0.15, 0.2) is 52.2 Å². The van der Waals surface area contributed by atoms with Crippen molar-refractivity contribution >= 4 is 35.0 Å². The maximum atomic E-state index is 12.1. The summed E-state index contributed by atoms with van der Waals surface area (Å²) >= 11 is 6.97. The largest absolute Gasteiger partial charge is 0.410 e. The van der Waals surface area contributed by atoms with E-state index < -0.39 is 0 Å². The molecule has 0 spiro atoms. The maximum absolute atomic E-state index is 12.1. The number of pyridine rings is 1. The van der Waals surface area contributed by atoms with Gasteiger partial charge in [-0.25, -0.2) is 0 Å². The maximum Gasteiger partial charge on any atom is 0.277 e. The first-order valence-electron chi connectivity index (χ1n) is 7.03. The molecule has 25 heavy (non-hydrogen) atoms. The number of rotatable bonds is 5. The molecule has 2 heterocycles. The molecule has 0 aliphatic rings. The summed E-state index contributed by atoms with van der Waals surface area (Å²) < 4.78 is 5.46. The molecule has 0 bridgehead atoms. The lowest BCUT2D eigenvalue weighted by Gasteiger charge is -2.06. The number of nitrogens with one attached hydrogen (secondary N) is 1. The van der Waals surface area contributed by atoms with Crippen LogP contribution in [-0.2, 0) is 4.79 Å². The van der Waals surface area contributed by atoms with Crippen LogP contribution in [0.4, 0.5) is 5.69 Å². The number of hydrogen-bond acceptors (Lipinski definition) is 7. The average molecular weight is 372 g/mol. The molecule has 2 aromatic heterocycles. The van der Waals surface area contributed by atoms with E-state index in [2.05, 4.69) is 20.5 Å². The van der Waals surface area contributed by atoms with Crippen LogP contribution in [0.1, 0.15) is 5.56 Å². The third-order valence-electron chi connectivity index (χ3n) is 2.99. The van der Waals surface area contributed by atoms with Gasteiger partial charge >= 0.3 is 0 Å². The fraction of sp³-hybridized carbons (Fsp3) is 0.0625. The molecular formula is C16H10ClN5O2S. The van der Waals surface area contributed by atoms with Crippen molar-refractivity contribution in [3.8, 4) is 17.7 Å². The van der Waals surface area contributed by atoms with Gasteiger partial charge in [0.2, 0.25) is 5.91 Å². The van der Waals surface area contributed by atoms with E-state index in [4.69, 9.17) is 21.3 Å². The Balaban J connectivity index is 1.61. The lowest BCUT2D eigenvalue weighted by atomic mass is 10.2. The van der Waals surface area contributed by atoms with Crippen LogP contribution in [-0.4, -0.2) is 26.8 Å². The number of hydrogen-bond donors (Lipinski definition) is 1. The second-order valence-corrected chi connectivity index (χ2v) is 6.09. The zero-order valence-corrected chi connectivity index (χ0v) is 14.2. The summed E-state index contributed by atoms with van der Waals surface area (Å²) in [5.41, 5.74) is 1.25. The molecule has 0 radical (unpaired) electrons. The molecule has 0 atom stereocenters. The van der Waals surface area contributed by atoms with Gasteiger partial charge in [-0.15, -0.1) is 10.2 Å². The topological polar surface area (TPSA) is 105 Å². The molecule has 1 aromatic carbocycles. The van der Waals surface area contributed by atoms with Crippen molar-refractivity contribution < 1.29 is 9.21 Å². The van der Waals surface area contributed by atoms with Crippen LogP contribution >= 0.6 is 23.4 Å². The zero-order valence-electron chi connectivity index (χ0n) is 12.6. The summed E-state index contributed by atoms with van der Waals surface area (Å²) in [6.45, 7) is 0. The number of carbonyl (C=O) groups is 1. The van der Waals surface area contributed by atoms with Crippen LogP contribution in [0.3, 0.4) is 0 Å². The van der Waals surface area contributed by atoms with Crippen molar-refractivity contribution in [2.45, 2.75) is 5.22 Å². The number of amides is 1. The van der Waals surface area contributed by atoms with Gasteiger partial charge in [-0.3, -0.25) is 9.78 Å². The summed E-state index contributed by atoms with van der Waals surface area (Å²) in [5.74, 6) is 0.00721. The molecule has 0 aliphatic carbocycles. The van der Waals surface area contributed by atoms with Gasteiger partial charge in [-0.1, -0.05) is 29.4 Å². The molecule has 7 nitrogen and oxygen atoms in total. The number of halogens is 1. The highest BCUT2D eigenvalue weighted by atomic mass is 35.5. The number of benzene rings is 1. The van der Waals surface area contributed by atoms with Crippen LogP contribution < -0.4 is 5.32 Å². The van der Waals surface area contributed by atoms with Gasteiger partial charge in [0.1, 0.15) is 11.8 Å². The van der Waals surface area contributed by atoms with Gasteiger partial charge < -0.3 is 9.73 Å². The first-order valence-corrected chi connectivity index (χ1v) is 8.39. The third kappa shape index (κ3) is 4.35. The van der Waals surface area contributed by atoms with Gasteiger partial charge in [0.15, 0.2) is 0 Å². The van der Waals surface area contributed by atoms with Gasteiger partial charge in [0.25, 0.3) is 11.1 Å². The van der Waals surface area contributed by atoms with Crippen molar-refractivity contribution in [2.75, 3.05) is 11.1 Å². The third-order valence-corrected chi connectivity index (χ3v) is 4.05. The Hall–Kier alpha value is -2.89. The Morgan fingerprint density at radius 3 is 2.96 bits per heavy atom. The highest BCUT2D eigenvalue weighted by Gasteiger charge is 2.13. The van der Waals surface area contributed by atoms with Crippen LogP contribution in [0.5, 0.6) is 0 Å². The monoisotopic (exact) mass is 371 g/mol. The van der Waals surface area contributed by atoms with E-state index in [0.717, 1.165) is 11.8 Å². The molecule has 0 unspecified atom stereocenters. The molecule has 1 N–H and O–H groups in total. The molecule has 124 valence electrons. The standard InChI is InChI=1S/C16H10ClN5O2S/c17-11-5-4-10(8-18)13(7-11)20-14(23)9-25-16-22-21-15(24-16)12-3-1-2-6-19-12/h1-7H,9H2,(H,20,23). The van der Waals surface area contributed by atoms with Crippen molar-refractivity contribution in [1.82, 2.24) is 15.2 Å². The summed E-state index contributed by atoms with van der Waals surface area (Å²) in [6, 6.07) is 12.0. The smallest absolute Gasteiger partial charge is 0.277 e. The molecule has 9 heteroatoms. The van der Waals surface area contributed by atoms with Gasteiger partial charge in [-0.05, 0) is 30.3 Å². The van der Waals surface area contributed by atoms with E-state index >= 15 is 0 Å². The number of nitriles is 1. The van der Waals surface area contributed by atoms with Gasteiger partial charge in [0.05, 0.1) is 17.0 Å². The summed E-state index contributed by atoms with van der Waals surface area (Å²) in [7, 11) is 0. The van der Waals surface area contributed by atoms with E-state index in [1.165, 1.54) is 6.07 Å². The summed E-state index contributed by atoms with van der Waals surface area (Å²) in [5, 5.41) is 20.1. The Kier molecular flexibility index (Phi) is 5.28. The Bertz CT molecular complexity index is 939. The fourth-order valence-electron chi connectivity index (χ4n) is 1.89. The van der Waals surface area contributed by atoms with Crippen LogP contribution in [0.25, 0.3) is 11.6 Å². The molecule has 0 aliphatic heterocycles. The summed E-state index contributed by atoms with van der Waals surface area (Å²) in [6.07, 6.45) is 1.62. The quantitative estimate of drug-likeness (QED) is 0.685. The van der Waals surface area contributed by atoms with Crippen LogP contribution in [0.2, 0.25) is 5.02 Å². The minimum Gasteiger partial charge on any atom is -0.410 e. The zero-order chi connectivity index (χ0) is 17.6. The van der Waals surface area contributed by atoms with Gasteiger partial charge in [0, 0.05) is 11.2 Å². The predicted molar refractivity (Wildman–Crippen MR) is 93.0 cm³/mol. The van der Waals surface area contributed by atoms with E-state index in [0.29, 0.717) is 22.0 Å². The van der Waals surface area contributed by atoms with E-state index in [-0.39, 0.29) is 22.8 Å². The van der Waals surface area contributed by atoms with E-state index in [1.807, 2.05) is 12.1 Å². The molecule has 0 saturated heterocycles. The number of thioether (sulfide) groups is 1. The Morgan fingerprint density at radius 1 is 1.32 bits per heavy atom. The highest BCUT2D eigenvalue weighted by Crippen LogP contribution is 2.23. The first kappa shape index (κ1) is 17.0. The molecule has 3 rings (SSSR count). The van der Waals surface area contributed by atoms with Crippen molar-refractivity contribution in [3.05, 3.63) is 53.2 Å². The molecule has 1 amide bonds. The minimum absolute atomic E-state index is 0.0429. The van der Waals surface area contributed by atoms with E-state index in [9.17, 15) is 4.79 Å². The number of carbonyl (C=O) groups excluding carboxylic acids is 1. The predicted octanol–water partition coefficient (Wildman–Crippen LogP) is 3.39. The lowest BCUT2D eigenvalue weighted by Crippen LogP contribution is -2.15. The highest BCUT2D eigenvalue weighted by molar-refractivity contribution is 7.99. The Morgan fingerprint density at radius 2 is 2.20 bits per heavy atom. The lowest BCUT2D eigenvalue weighted by molar-refractivity contribution is -0.113. The normalized spacial score (nSPS) is 10.2. The number of anilines is 1.